The quantitative estimate of drug-likeness (QED) is 0.764. The van der Waals surface area contributed by atoms with Crippen LogP contribution in [-0.4, -0.2) is 42.0 Å². The highest BCUT2D eigenvalue weighted by Crippen LogP contribution is 2.23. The van der Waals surface area contributed by atoms with Gasteiger partial charge in [0.05, 0.1) is 17.7 Å². The van der Waals surface area contributed by atoms with Crippen LogP contribution in [0, 0.1) is 18.3 Å². The predicted molar refractivity (Wildman–Crippen MR) is 111 cm³/mol. The molecule has 0 aliphatic carbocycles. The van der Waals surface area contributed by atoms with E-state index in [1.54, 1.807) is 0 Å². The molecule has 2 aromatic carbocycles. The molecule has 28 heavy (non-hydrogen) atoms. The van der Waals surface area contributed by atoms with Gasteiger partial charge in [-0.15, -0.1) is 0 Å². The molecule has 0 spiro atoms. The third-order valence-corrected chi connectivity index (χ3v) is 5.56. The number of hydrogen-bond acceptors (Lipinski definition) is 3. The molecule has 5 heteroatoms. The van der Waals surface area contributed by atoms with Gasteiger partial charge in [0.25, 0.3) is 0 Å². The Balaban J connectivity index is 1.46. The molecular formula is C23H24N4O. The first-order valence-corrected chi connectivity index (χ1v) is 9.75. The SMILES string of the molecule is Cc1cccc2c(CC(=O)N3CCCN(c4ccccc4C#N)CC3)c[nH]c12. The minimum absolute atomic E-state index is 0.165. The zero-order valence-electron chi connectivity index (χ0n) is 16.1. The van der Waals surface area contributed by atoms with Crippen LogP contribution in [0.2, 0.25) is 0 Å². The van der Waals surface area contributed by atoms with Gasteiger partial charge in [-0.1, -0.05) is 30.3 Å². The number of fused-ring (bicyclic) bond motifs is 1. The molecule has 3 aromatic rings. The van der Waals surface area contributed by atoms with Crippen molar-refractivity contribution in [3.8, 4) is 6.07 Å². The van der Waals surface area contributed by atoms with Crippen molar-refractivity contribution < 1.29 is 4.79 Å². The number of para-hydroxylation sites is 2. The fourth-order valence-electron chi connectivity index (χ4n) is 4.04. The van der Waals surface area contributed by atoms with Crippen LogP contribution in [-0.2, 0) is 11.2 Å². The Kier molecular flexibility index (Phi) is 5.03. The molecule has 1 aliphatic heterocycles. The molecule has 1 aliphatic rings. The van der Waals surface area contributed by atoms with Crippen molar-refractivity contribution in [1.29, 1.82) is 5.26 Å². The normalized spacial score (nSPS) is 14.7. The Morgan fingerprint density at radius 2 is 1.96 bits per heavy atom. The fourth-order valence-corrected chi connectivity index (χ4v) is 4.04. The third-order valence-electron chi connectivity index (χ3n) is 5.56. The van der Waals surface area contributed by atoms with Crippen LogP contribution < -0.4 is 4.90 Å². The van der Waals surface area contributed by atoms with Crippen molar-refractivity contribution in [3.63, 3.8) is 0 Å². The monoisotopic (exact) mass is 372 g/mol. The molecule has 0 atom stereocenters. The van der Waals surface area contributed by atoms with Crippen LogP contribution in [0.25, 0.3) is 10.9 Å². The first-order chi connectivity index (χ1) is 13.7. The lowest BCUT2D eigenvalue weighted by Crippen LogP contribution is -2.36. The van der Waals surface area contributed by atoms with Crippen LogP contribution in [0.1, 0.15) is 23.1 Å². The number of aromatic nitrogens is 1. The van der Waals surface area contributed by atoms with Gasteiger partial charge in [-0.2, -0.15) is 5.26 Å². The number of aromatic amines is 1. The zero-order valence-corrected chi connectivity index (χ0v) is 16.1. The van der Waals surface area contributed by atoms with E-state index in [2.05, 4.69) is 35.0 Å². The lowest BCUT2D eigenvalue weighted by molar-refractivity contribution is -0.130. The van der Waals surface area contributed by atoms with Crippen molar-refractivity contribution in [2.75, 3.05) is 31.1 Å². The van der Waals surface area contributed by atoms with Crippen molar-refractivity contribution >= 4 is 22.5 Å². The predicted octanol–water partition coefficient (Wildman–Crippen LogP) is 3.63. The molecule has 4 rings (SSSR count). The maximum Gasteiger partial charge on any atom is 0.227 e. The molecular weight excluding hydrogens is 348 g/mol. The van der Waals surface area contributed by atoms with E-state index in [1.807, 2.05) is 41.4 Å². The number of nitrogens with one attached hydrogen (secondary N) is 1. The minimum atomic E-state index is 0.165. The van der Waals surface area contributed by atoms with Crippen molar-refractivity contribution in [1.82, 2.24) is 9.88 Å². The number of rotatable bonds is 3. The molecule has 1 fully saturated rings. The molecule has 0 radical (unpaired) electrons. The molecule has 2 heterocycles. The number of carbonyl (C=O) groups is 1. The molecule has 1 amide bonds. The Hall–Kier alpha value is -3.26. The highest BCUT2D eigenvalue weighted by Gasteiger charge is 2.21. The number of nitrogens with zero attached hydrogens (tertiary/aromatic N) is 3. The summed E-state index contributed by atoms with van der Waals surface area (Å²) < 4.78 is 0. The Bertz CT molecular complexity index is 1050. The van der Waals surface area contributed by atoms with Gasteiger partial charge < -0.3 is 14.8 Å². The number of amides is 1. The second-order valence-corrected chi connectivity index (χ2v) is 7.34. The smallest absolute Gasteiger partial charge is 0.227 e. The Morgan fingerprint density at radius 3 is 2.82 bits per heavy atom. The summed E-state index contributed by atoms with van der Waals surface area (Å²) in [7, 11) is 0. The van der Waals surface area contributed by atoms with Gasteiger partial charge in [0, 0.05) is 43.3 Å². The number of nitriles is 1. The van der Waals surface area contributed by atoms with Crippen molar-refractivity contribution in [2.24, 2.45) is 0 Å². The number of H-pyrrole nitrogens is 1. The first-order valence-electron chi connectivity index (χ1n) is 9.75. The van der Waals surface area contributed by atoms with E-state index in [0.29, 0.717) is 18.5 Å². The summed E-state index contributed by atoms with van der Waals surface area (Å²) in [4.78, 5) is 20.4. The Morgan fingerprint density at radius 1 is 1.11 bits per heavy atom. The second-order valence-electron chi connectivity index (χ2n) is 7.34. The zero-order chi connectivity index (χ0) is 19.5. The summed E-state index contributed by atoms with van der Waals surface area (Å²) in [6, 6.07) is 16.1. The topological polar surface area (TPSA) is 63.1 Å². The van der Waals surface area contributed by atoms with Crippen LogP contribution in [0.3, 0.4) is 0 Å². The number of aryl methyl sites for hydroxylation is 1. The minimum Gasteiger partial charge on any atom is -0.369 e. The maximum absolute atomic E-state index is 13.0. The summed E-state index contributed by atoms with van der Waals surface area (Å²) in [5, 5.41) is 10.5. The summed E-state index contributed by atoms with van der Waals surface area (Å²) in [5.74, 6) is 0.165. The first kappa shape index (κ1) is 18.1. The fraction of sp³-hybridized carbons (Fsp3) is 0.304. The number of hydrogen-bond donors (Lipinski definition) is 1. The van der Waals surface area contributed by atoms with E-state index in [9.17, 15) is 10.1 Å². The van der Waals surface area contributed by atoms with Gasteiger partial charge in [0.2, 0.25) is 5.91 Å². The lowest BCUT2D eigenvalue weighted by atomic mass is 10.1. The van der Waals surface area contributed by atoms with E-state index >= 15 is 0 Å². The molecule has 142 valence electrons. The second kappa shape index (κ2) is 7.77. The molecule has 1 N–H and O–H groups in total. The number of carbonyl (C=O) groups excluding carboxylic acids is 1. The standard InChI is InChI=1S/C23H24N4O/c1-17-6-4-8-20-19(16-25-23(17)20)14-22(28)27-11-5-10-26(12-13-27)21-9-3-2-7-18(21)15-24/h2-4,6-9,16,25H,5,10-14H2,1H3. The largest absolute Gasteiger partial charge is 0.369 e. The van der Waals surface area contributed by atoms with Crippen LogP contribution >= 0.6 is 0 Å². The van der Waals surface area contributed by atoms with E-state index < -0.39 is 0 Å². The molecule has 1 aromatic heterocycles. The summed E-state index contributed by atoms with van der Waals surface area (Å²) in [6.45, 7) is 5.12. The van der Waals surface area contributed by atoms with Crippen LogP contribution in [0.4, 0.5) is 5.69 Å². The molecule has 0 bridgehead atoms. The summed E-state index contributed by atoms with van der Waals surface area (Å²) >= 11 is 0. The van der Waals surface area contributed by atoms with Gasteiger partial charge in [0.15, 0.2) is 0 Å². The van der Waals surface area contributed by atoms with Crippen LogP contribution in [0.5, 0.6) is 0 Å². The number of anilines is 1. The van der Waals surface area contributed by atoms with Gasteiger partial charge in [-0.25, -0.2) is 0 Å². The van der Waals surface area contributed by atoms with Gasteiger partial charge in [-0.3, -0.25) is 4.79 Å². The van der Waals surface area contributed by atoms with Crippen molar-refractivity contribution in [2.45, 2.75) is 19.8 Å². The molecule has 0 unspecified atom stereocenters. The molecule has 5 nitrogen and oxygen atoms in total. The number of benzene rings is 2. The lowest BCUT2D eigenvalue weighted by Gasteiger charge is -2.24. The Labute approximate surface area is 165 Å². The average Bonchev–Trinajstić information content (AvgIpc) is 2.97. The third kappa shape index (κ3) is 3.46. The van der Waals surface area contributed by atoms with Gasteiger partial charge >= 0.3 is 0 Å². The highest BCUT2D eigenvalue weighted by molar-refractivity contribution is 5.90. The van der Waals surface area contributed by atoms with Crippen LogP contribution in [0.15, 0.2) is 48.7 Å². The average molecular weight is 372 g/mol. The van der Waals surface area contributed by atoms with Gasteiger partial charge in [-0.05, 0) is 36.6 Å². The van der Waals surface area contributed by atoms with Crippen molar-refractivity contribution in [3.05, 3.63) is 65.4 Å². The summed E-state index contributed by atoms with van der Waals surface area (Å²) in [6.07, 6.45) is 3.28. The molecule has 1 saturated heterocycles. The summed E-state index contributed by atoms with van der Waals surface area (Å²) in [5.41, 5.74) is 5.01. The van der Waals surface area contributed by atoms with E-state index in [4.69, 9.17) is 0 Å². The van der Waals surface area contributed by atoms with E-state index in [-0.39, 0.29) is 5.91 Å². The van der Waals surface area contributed by atoms with E-state index in [0.717, 1.165) is 48.2 Å². The molecule has 0 saturated carbocycles. The maximum atomic E-state index is 13.0. The van der Waals surface area contributed by atoms with Gasteiger partial charge in [0.1, 0.15) is 6.07 Å². The highest BCUT2D eigenvalue weighted by atomic mass is 16.2. The van der Waals surface area contributed by atoms with E-state index in [1.165, 1.54) is 5.56 Å².